The molecule has 1 aromatic rings. The normalized spacial score (nSPS) is 29.1. The van der Waals surface area contributed by atoms with Crippen LogP contribution in [0.5, 0.6) is 5.75 Å². The van der Waals surface area contributed by atoms with E-state index in [1.54, 1.807) is 24.3 Å². The van der Waals surface area contributed by atoms with Crippen molar-refractivity contribution in [3.8, 4) is 5.75 Å². The van der Waals surface area contributed by atoms with Gasteiger partial charge in [-0.25, -0.2) is 9.59 Å². The smallest absolute Gasteiger partial charge is 0.338 e. The maximum Gasteiger partial charge on any atom is 0.338 e. The molecule has 0 bridgehead atoms. The molecule has 4 rings (SSSR count). The third kappa shape index (κ3) is 5.96. The second-order valence-corrected chi connectivity index (χ2v) is 10.5. The third-order valence-corrected chi connectivity index (χ3v) is 8.65. The molecule has 0 heterocycles. The topological polar surface area (TPSA) is 78.9 Å². The highest BCUT2D eigenvalue weighted by Crippen LogP contribution is 2.72. The number of unbranched alkanes of at least 4 members (excludes halogenated alkanes) is 1. The average Bonchev–Trinajstić information content (AvgIpc) is 3.50. The highest BCUT2D eigenvalue weighted by molar-refractivity contribution is 5.89. The van der Waals surface area contributed by atoms with Crippen molar-refractivity contribution >= 4 is 17.9 Å². The first-order chi connectivity index (χ1) is 17.0. The molecule has 0 amide bonds. The summed E-state index contributed by atoms with van der Waals surface area (Å²) in [6, 6.07) is 6.53. The van der Waals surface area contributed by atoms with E-state index in [1.165, 1.54) is 38.5 Å². The van der Waals surface area contributed by atoms with Crippen molar-refractivity contribution in [2.75, 3.05) is 13.2 Å². The number of hydrogen-bond donors (Lipinski definition) is 0. The van der Waals surface area contributed by atoms with Crippen LogP contribution < -0.4 is 4.74 Å². The van der Waals surface area contributed by atoms with E-state index in [2.05, 4.69) is 13.5 Å². The zero-order valence-electron chi connectivity index (χ0n) is 20.8. The van der Waals surface area contributed by atoms with E-state index in [0.29, 0.717) is 29.6 Å². The van der Waals surface area contributed by atoms with Gasteiger partial charge in [0, 0.05) is 6.08 Å². The van der Waals surface area contributed by atoms with Crippen LogP contribution in [-0.4, -0.2) is 31.1 Å². The van der Waals surface area contributed by atoms with E-state index in [0.717, 1.165) is 36.7 Å². The van der Waals surface area contributed by atoms with Crippen LogP contribution in [0.4, 0.5) is 0 Å². The third-order valence-electron chi connectivity index (χ3n) is 8.65. The van der Waals surface area contributed by atoms with Crippen molar-refractivity contribution in [2.45, 2.75) is 71.1 Å². The summed E-state index contributed by atoms with van der Waals surface area (Å²) < 4.78 is 15.8. The molecule has 0 radical (unpaired) electrons. The Balaban J connectivity index is 1.16. The summed E-state index contributed by atoms with van der Waals surface area (Å²) in [5, 5.41) is 0. The van der Waals surface area contributed by atoms with Gasteiger partial charge in [-0.15, -0.1) is 0 Å². The Kier molecular flexibility index (Phi) is 8.30. The Morgan fingerprint density at radius 2 is 1.66 bits per heavy atom. The summed E-state index contributed by atoms with van der Waals surface area (Å²) in [6.45, 7) is 6.16. The number of hydrogen-bond acceptors (Lipinski definition) is 6. The average molecular weight is 483 g/mol. The molecule has 6 heteroatoms. The van der Waals surface area contributed by atoms with Crippen molar-refractivity contribution in [3.05, 3.63) is 42.5 Å². The largest absolute Gasteiger partial charge is 0.463 e. The zero-order chi connectivity index (χ0) is 24.8. The fourth-order valence-electron chi connectivity index (χ4n) is 6.50. The van der Waals surface area contributed by atoms with Crippen LogP contribution in [0.3, 0.4) is 0 Å². The van der Waals surface area contributed by atoms with Crippen molar-refractivity contribution in [1.29, 1.82) is 0 Å². The minimum absolute atomic E-state index is 0.0272. The van der Waals surface area contributed by atoms with E-state index in [-0.39, 0.29) is 25.1 Å². The highest BCUT2D eigenvalue weighted by atomic mass is 16.5. The summed E-state index contributed by atoms with van der Waals surface area (Å²) >= 11 is 0. The molecule has 3 unspecified atom stereocenters. The summed E-state index contributed by atoms with van der Waals surface area (Å²) in [7, 11) is 0. The molecule has 1 spiro atoms. The van der Waals surface area contributed by atoms with Crippen LogP contribution in [0, 0.1) is 29.1 Å². The molecule has 0 N–H and O–H groups in total. The van der Waals surface area contributed by atoms with E-state index in [9.17, 15) is 14.4 Å². The lowest BCUT2D eigenvalue weighted by molar-refractivity contribution is -0.140. The number of benzene rings is 1. The lowest BCUT2D eigenvalue weighted by Crippen LogP contribution is -2.27. The van der Waals surface area contributed by atoms with Gasteiger partial charge in [-0.3, -0.25) is 4.79 Å². The lowest BCUT2D eigenvalue weighted by Gasteiger charge is -2.29. The minimum atomic E-state index is -0.457. The van der Waals surface area contributed by atoms with Crippen molar-refractivity contribution in [2.24, 2.45) is 29.1 Å². The van der Waals surface area contributed by atoms with Gasteiger partial charge < -0.3 is 14.2 Å². The van der Waals surface area contributed by atoms with Gasteiger partial charge in [-0.2, -0.15) is 0 Å². The number of rotatable bonds is 10. The van der Waals surface area contributed by atoms with Crippen LogP contribution in [0.15, 0.2) is 36.9 Å². The Hall–Kier alpha value is -2.63. The molecule has 3 aliphatic carbocycles. The first-order valence-electron chi connectivity index (χ1n) is 13.2. The van der Waals surface area contributed by atoms with Crippen molar-refractivity contribution < 1.29 is 28.6 Å². The van der Waals surface area contributed by atoms with Gasteiger partial charge in [0.2, 0.25) is 0 Å². The van der Waals surface area contributed by atoms with Crippen LogP contribution in [-0.2, 0) is 19.1 Å². The monoisotopic (exact) mass is 482 g/mol. The Labute approximate surface area is 208 Å². The fourth-order valence-corrected chi connectivity index (χ4v) is 6.50. The minimum Gasteiger partial charge on any atom is -0.463 e. The molecule has 0 aliphatic heterocycles. The summed E-state index contributed by atoms with van der Waals surface area (Å²) in [4.78, 5) is 35.9. The highest BCUT2D eigenvalue weighted by Gasteiger charge is 2.65. The fraction of sp³-hybridized carbons (Fsp3) is 0.621. The maximum absolute atomic E-state index is 12.8. The Bertz CT molecular complexity index is 912. The Morgan fingerprint density at radius 3 is 2.31 bits per heavy atom. The number of carbonyl (C=O) groups is 3. The van der Waals surface area contributed by atoms with Crippen LogP contribution >= 0.6 is 0 Å². The maximum atomic E-state index is 12.8. The predicted molar refractivity (Wildman–Crippen MR) is 132 cm³/mol. The molecule has 3 atom stereocenters. The standard InChI is InChI=1S/C29H38O6/c1-3-20-7-12-24-25(19-20)29(24)15-13-22(14-16-29)28(32)35-23-10-8-21(9-11-23)27(31)34-18-6-5-17-33-26(30)4-2/h4,8-11,20,22,24-25H,2-3,5-7,12-19H2,1H3. The van der Waals surface area contributed by atoms with Crippen molar-refractivity contribution in [1.82, 2.24) is 0 Å². The number of fused-ring (bicyclic) bond motifs is 3. The molecule has 35 heavy (non-hydrogen) atoms. The SMILES string of the molecule is C=CC(=O)OCCCCOC(=O)c1ccc(OC(=O)C2CCC3(CC2)C2CCC(CC)CC23)cc1. The number of esters is 3. The van der Waals surface area contributed by atoms with Gasteiger partial charge in [0.15, 0.2) is 0 Å². The lowest BCUT2D eigenvalue weighted by atomic mass is 9.77. The van der Waals surface area contributed by atoms with E-state index < -0.39 is 11.9 Å². The van der Waals surface area contributed by atoms with Crippen LogP contribution in [0.25, 0.3) is 0 Å². The van der Waals surface area contributed by atoms with Gasteiger partial charge in [0.05, 0.1) is 24.7 Å². The summed E-state index contributed by atoms with van der Waals surface area (Å²) in [5.74, 6) is 2.11. The van der Waals surface area contributed by atoms with Gasteiger partial charge in [0.1, 0.15) is 5.75 Å². The molecule has 3 fully saturated rings. The number of carbonyl (C=O) groups excluding carboxylic acids is 3. The molecule has 3 saturated carbocycles. The van der Waals surface area contributed by atoms with E-state index in [4.69, 9.17) is 14.2 Å². The summed E-state index contributed by atoms with van der Waals surface area (Å²) in [5.41, 5.74) is 0.933. The van der Waals surface area contributed by atoms with Crippen molar-refractivity contribution in [3.63, 3.8) is 0 Å². The molecule has 3 aliphatic rings. The van der Waals surface area contributed by atoms with Crippen LogP contribution in [0.1, 0.15) is 81.5 Å². The van der Waals surface area contributed by atoms with Gasteiger partial charge >= 0.3 is 17.9 Å². The summed E-state index contributed by atoms with van der Waals surface area (Å²) in [6.07, 6.45) is 12.0. The van der Waals surface area contributed by atoms with Gasteiger partial charge in [-0.1, -0.05) is 26.3 Å². The van der Waals surface area contributed by atoms with Crippen LogP contribution in [0.2, 0.25) is 0 Å². The van der Waals surface area contributed by atoms with E-state index >= 15 is 0 Å². The van der Waals surface area contributed by atoms with E-state index in [1.807, 2.05) is 0 Å². The first-order valence-corrected chi connectivity index (χ1v) is 13.2. The second-order valence-electron chi connectivity index (χ2n) is 10.5. The molecular formula is C29H38O6. The molecule has 0 aromatic heterocycles. The number of ether oxygens (including phenoxy) is 3. The second kappa shape index (κ2) is 11.4. The molecule has 6 nitrogen and oxygen atoms in total. The predicted octanol–water partition coefficient (Wildman–Crippen LogP) is 5.89. The van der Waals surface area contributed by atoms with Gasteiger partial charge in [0.25, 0.3) is 0 Å². The Morgan fingerprint density at radius 1 is 0.971 bits per heavy atom. The first kappa shape index (κ1) is 25.5. The molecule has 190 valence electrons. The van der Waals surface area contributed by atoms with Gasteiger partial charge in [-0.05, 0) is 98.8 Å². The molecule has 1 aromatic carbocycles. The molecular weight excluding hydrogens is 444 g/mol. The zero-order valence-corrected chi connectivity index (χ0v) is 20.8. The molecule has 0 saturated heterocycles. The quantitative estimate of drug-likeness (QED) is 0.179.